The first-order valence-corrected chi connectivity index (χ1v) is 7.36. The van der Waals surface area contributed by atoms with Gasteiger partial charge in [0.2, 0.25) is 0 Å². The number of hydrogen-bond donors (Lipinski definition) is 1. The summed E-state index contributed by atoms with van der Waals surface area (Å²) < 4.78 is 0. The lowest BCUT2D eigenvalue weighted by molar-refractivity contribution is -0.131. The van der Waals surface area contributed by atoms with Crippen molar-refractivity contribution in [3.05, 3.63) is 34.9 Å². The Bertz CT molecular complexity index is 507. The average molecular weight is 294 g/mol. The van der Waals surface area contributed by atoms with Crippen molar-refractivity contribution in [3.8, 4) is 0 Å². The van der Waals surface area contributed by atoms with Gasteiger partial charge in [-0.15, -0.1) is 0 Å². The first-order chi connectivity index (χ1) is 9.56. The molecule has 0 atom stereocenters. The number of carbonyl (C=O) groups is 1. The molecule has 1 saturated carbocycles. The summed E-state index contributed by atoms with van der Waals surface area (Å²) in [5, 5.41) is 9.39. The molecule has 0 spiro atoms. The average Bonchev–Trinajstić information content (AvgIpc) is 2.89. The Balaban J connectivity index is 2.18. The zero-order chi connectivity index (χ0) is 14.5. The van der Waals surface area contributed by atoms with Crippen molar-refractivity contribution >= 4 is 29.3 Å². The van der Waals surface area contributed by atoms with Gasteiger partial charge in [-0.1, -0.05) is 24.4 Å². The first-order valence-electron chi connectivity index (χ1n) is 6.98. The van der Waals surface area contributed by atoms with E-state index in [1.54, 1.807) is 6.08 Å². The van der Waals surface area contributed by atoms with E-state index in [0.29, 0.717) is 5.02 Å². The van der Waals surface area contributed by atoms with E-state index < -0.39 is 5.97 Å². The molecule has 0 bridgehead atoms. The molecule has 108 valence electrons. The van der Waals surface area contributed by atoms with Crippen LogP contribution in [0.2, 0.25) is 5.02 Å². The molecule has 0 aliphatic heterocycles. The highest BCUT2D eigenvalue weighted by Crippen LogP contribution is 2.29. The molecule has 0 amide bonds. The van der Waals surface area contributed by atoms with Gasteiger partial charge < -0.3 is 10.0 Å². The molecule has 4 heteroatoms. The topological polar surface area (TPSA) is 40.5 Å². The van der Waals surface area contributed by atoms with Crippen molar-refractivity contribution in [3.63, 3.8) is 0 Å². The number of aliphatic carboxylic acids is 1. The zero-order valence-electron chi connectivity index (χ0n) is 11.7. The number of halogens is 1. The summed E-state index contributed by atoms with van der Waals surface area (Å²) in [7, 11) is 2.06. The van der Waals surface area contributed by atoms with Crippen molar-refractivity contribution in [2.75, 3.05) is 18.5 Å². The second-order valence-electron chi connectivity index (χ2n) is 5.41. The number of carboxylic acids is 1. The molecule has 1 aliphatic carbocycles. The predicted octanol–water partition coefficient (Wildman–Crippen LogP) is 4.06. The second-order valence-corrected chi connectivity index (χ2v) is 5.84. The lowest BCUT2D eigenvalue weighted by Gasteiger charge is -2.25. The van der Waals surface area contributed by atoms with Crippen LogP contribution in [0, 0.1) is 5.92 Å². The fraction of sp³-hybridized carbons (Fsp3) is 0.438. The molecule has 0 saturated heterocycles. The first kappa shape index (κ1) is 14.9. The third-order valence-electron chi connectivity index (χ3n) is 3.81. The lowest BCUT2D eigenvalue weighted by Crippen LogP contribution is -2.24. The highest BCUT2D eigenvalue weighted by Gasteiger charge is 2.18. The molecule has 0 unspecified atom stereocenters. The number of carboxylic acid groups (broad SMARTS) is 1. The van der Waals surface area contributed by atoms with Gasteiger partial charge in [0.15, 0.2) is 0 Å². The van der Waals surface area contributed by atoms with E-state index in [9.17, 15) is 4.79 Å². The predicted molar refractivity (Wildman–Crippen MR) is 83.3 cm³/mol. The molecule has 3 nitrogen and oxygen atoms in total. The van der Waals surface area contributed by atoms with Gasteiger partial charge >= 0.3 is 5.97 Å². The SMILES string of the molecule is CN(CC1CCCC1)c1ccc(Cl)cc1/C=C/C(=O)O. The van der Waals surface area contributed by atoms with Crippen LogP contribution in [-0.4, -0.2) is 24.7 Å². The summed E-state index contributed by atoms with van der Waals surface area (Å²) in [6, 6.07) is 5.61. The monoisotopic (exact) mass is 293 g/mol. The smallest absolute Gasteiger partial charge is 0.328 e. The minimum absolute atomic E-state index is 0.619. The van der Waals surface area contributed by atoms with Crippen LogP contribution in [0.4, 0.5) is 5.69 Å². The number of hydrogen-bond acceptors (Lipinski definition) is 2. The number of rotatable bonds is 5. The highest BCUT2D eigenvalue weighted by atomic mass is 35.5. The molecule has 0 aromatic heterocycles. The summed E-state index contributed by atoms with van der Waals surface area (Å²) in [6.07, 6.45) is 7.99. The maximum atomic E-state index is 10.7. The number of benzene rings is 1. The van der Waals surface area contributed by atoms with E-state index in [-0.39, 0.29) is 0 Å². The van der Waals surface area contributed by atoms with E-state index in [1.165, 1.54) is 25.7 Å². The molecule has 20 heavy (non-hydrogen) atoms. The Morgan fingerprint density at radius 2 is 2.15 bits per heavy atom. The maximum Gasteiger partial charge on any atom is 0.328 e. The summed E-state index contributed by atoms with van der Waals surface area (Å²) in [4.78, 5) is 12.9. The van der Waals surface area contributed by atoms with Gasteiger partial charge in [0.25, 0.3) is 0 Å². The standard InChI is InChI=1S/C16H20ClNO2/c1-18(11-12-4-2-3-5-12)15-8-7-14(17)10-13(15)6-9-16(19)20/h6-10,12H,2-5,11H2,1H3,(H,19,20)/b9-6+. The molecular formula is C16H20ClNO2. The van der Waals surface area contributed by atoms with Crippen LogP contribution in [-0.2, 0) is 4.79 Å². The van der Waals surface area contributed by atoms with Crippen molar-refractivity contribution < 1.29 is 9.90 Å². The minimum atomic E-state index is -0.950. The molecule has 1 aliphatic rings. The summed E-state index contributed by atoms with van der Waals surface area (Å²) >= 11 is 6.01. The van der Waals surface area contributed by atoms with Crippen LogP contribution in [0.3, 0.4) is 0 Å². The lowest BCUT2D eigenvalue weighted by atomic mass is 10.1. The molecule has 2 rings (SSSR count). The fourth-order valence-corrected chi connectivity index (χ4v) is 3.03. The van der Waals surface area contributed by atoms with Gasteiger partial charge in [0, 0.05) is 30.4 Å². The fourth-order valence-electron chi connectivity index (χ4n) is 2.85. The van der Waals surface area contributed by atoms with Crippen LogP contribution in [0.1, 0.15) is 31.2 Å². The summed E-state index contributed by atoms with van der Waals surface area (Å²) in [5.41, 5.74) is 1.87. The Morgan fingerprint density at radius 1 is 1.45 bits per heavy atom. The van der Waals surface area contributed by atoms with Crippen molar-refractivity contribution in [1.82, 2.24) is 0 Å². The van der Waals surface area contributed by atoms with Crippen LogP contribution in [0.25, 0.3) is 6.08 Å². The van der Waals surface area contributed by atoms with Crippen LogP contribution in [0.15, 0.2) is 24.3 Å². The molecule has 1 aromatic rings. The van der Waals surface area contributed by atoms with Gasteiger partial charge in [-0.25, -0.2) is 4.79 Å². The zero-order valence-corrected chi connectivity index (χ0v) is 12.4. The van der Waals surface area contributed by atoms with Gasteiger partial charge in [0.05, 0.1) is 0 Å². The molecule has 1 fully saturated rings. The van der Waals surface area contributed by atoms with Gasteiger partial charge in [0.1, 0.15) is 0 Å². The maximum absolute atomic E-state index is 10.7. The van der Waals surface area contributed by atoms with E-state index in [0.717, 1.165) is 29.8 Å². The Labute approximate surface area is 124 Å². The van der Waals surface area contributed by atoms with Crippen LogP contribution in [0.5, 0.6) is 0 Å². The van der Waals surface area contributed by atoms with Crippen LogP contribution >= 0.6 is 11.6 Å². The largest absolute Gasteiger partial charge is 0.478 e. The van der Waals surface area contributed by atoms with Crippen molar-refractivity contribution in [1.29, 1.82) is 0 Å². The van der Waals surface area contributed by atoms with Gasteiger partial charge in [-0.2, -0.15) is 0 Å². The van der Waals surface area contributed by atoms with E-state index >= 15 is 0 Å². The normalized spacial score (nSPS) is 15.9. The molecule has 0 radical (unpaired) electrons. The van der Waals surface area contributed by atoms with Crippen molar-refractivity contribution in [2.24, 2.45) is 5.92 Å². The quantitative estimate of drug-likeness (QED) is 0.832. The Kier molecular flexibility index (Phi) is 5.07. The highest BCUT2D eigenvalue weighted by molar-refractivity contribution is 6.30. The third kappa shape index (κ3) is 4.01. The number of anilines is 1. The van der Waals surface area contributed by atoms with E-state index in [1.807, 2.05) is 18.2 Å². The minimum Gasteiger partial charge on any atom is -0.478 e. The number of nitrogens with zero attached hydrogens (tertiary/aromatic N) is 1. The summed E-state index contributed by atoms with van der Waals surface area (Å²) in [6.45, 7) is 1.01. The van der Waals surface area contributed by atoms with Crippen molar-refractivity contribution in [2.45, 2.75) is 25.7 Å². The Hall–Kier alpha value is -1.48. The molecular weight excluding hydrogens is 274 g/mol. The molecule has 1 aromatic carbocycles. The van der Waals surface area contributed by atoms with Gasteiger partial charge in [-0.05, 0) is 48.6 Å². The van der Waals surface area contributed by atoms with Gasteiger partial charge in [-0.3, -0.25) is 0 Å². The second kappa shape index (κ2) is 6.80. The third-order valence-corrected chi connectivity index (χ3v) is 4.05. The van der Waals surface area contributed by atoms with E-state index in [4.69, 9.17) is 16.7 Å². The van der Waals surface area contributed by atoms with Crippen LogP contribution < -0.4 is 4.90 Å². The molecule has 1 N–H and O–H groups in total. The summed E-state index contributed by atoms with van der Waals surface area (Å²) in [5.74, 6) is -0.207. The molecule has 0 heterocycles. The van der Waals surface area contributed by atoms with E-state index in [2.05, 4.69) is 11.9 Å². The Morgan fingerprint density at radius 3 is 2.80 bits per heavy atom.